The van der Waals surface area contributed by atoms with E-state index in [1.54, 1.807) is 6.07 Å². The molecule has 1 amide bonds. The first-order chi connectivity index (χ1) is 12.4. The minimum atomic E-state index is -3.73. The molecule has 3 N–H and O–H groups in total. The standard InChI is InChI=1S/C20H28N2O3S2/c1-13(2)19(14-6-8-15(9-7-14)20(3,4)5)22-17(23)12-16-10-11-18(26-16)27(21,24)25/h6-11,13,19H,12H2,1-5H3,(H,22,23)(H2,21,24,25). The smallest absolute Gasteiger partial charge is 0.247 e. The van der Waals surface area contributed by atoms with Gasteiger partial charge in [0.25, 0.3) is 0 Å². The second kappa shape index (κ2) is 8.12. The molecule has 0 bridgehead atoms. The lowest BCUT2D eigenvalue weighted by molar-refractivity contribution is -0.121. The lowest BCUT2D eigenvalue weighted by Crippen LogP contribution is -2.32. The van der Waals surface area contributed by atoms with Gasteiger partial charge in [-0.3, -0.25) is 4.79 Å². The quantitative estimate of drug-likeness (QED) is 0.763. The summed E-state index contributed by atoms with van der Waals surface area (Å²) >= 11 is 1.03. The van der Waals surface area contributed by atoms with Crippen molar-refractivity contribution in [1.29, 1.82) is 0 Å². The van der Waals surface area contributed by atoms with Crippen molar-refractivity contribution in [2.75, 3.05) is 0 Å². The van der Waals surface area contributed by atoms with Crippen LogP contribution in [0, 0.1) is 5.92 Å². The van der Waals surface area contributed by atoms with Crippen molar-refractivity contribution >= 4 is 27.3 Å². The molecule has 1 aromatic heterocycles. The Kier molecular flexibility index (Phi) is 6.50. The highest BCUT2D eigenvalue weighted by atomic mass is 32.2. The zero-order chi connectivity index (χ0) is 20.4. The SMILES string of the molecule is CC(C)C(NC(=O)Cc1ccc(S(N)(=O)=O)s1)c1ccc(C(C)(C)C)cc1. The van der Waals surface area contributed by atoms with Gasteiger partial charge in [0.15, 0.2) is 0 Å². The average Bonchev–Trinajstić information content (AvgIpc) is 3.00. The Balaban J connectivity index is 2.11. The van der Waals surface area contributed by atoms with Gasteiger partial charge in [0.1, 0.15) is 4.21 Å². The predicted octanol–water partition coefficient (Wildman–Crippen LogP) is 3.75. The van der Waals surface area contributed by atoms with Crippen LogP contribution in [0.1, 0.15) is 56.7 Å². The van der Waals surface area contributed by atoms with Crippen LogP contribution in [0.4, 0.5) is 0 Å². The molecule has 0 aliphatic carbocycles. The largest absolute Gasteiger partial charge is 0.349 e. The predicted molar refractivity (Wildman–Crippen MR) is 110 cm³/mol. The fourth-order valence-electron chi connectivity index (χ4n) is 2.81. The van der Waals surface area contributed by atoms with Crippen molar-refractivity contribution in [1.82, 2.24) is 5.32 Å². The van der Waals surface area contributed by atoms with E-state index >= 15 is 0 Å². The number of primary sulfonamides is 1. The third-order valence-electron chi connectivity index (χ3n) is 4.37. The molecule has 2 aromatic rings. The van der Waals surface area contributed by atoms with Crippen molar-refractivity contribution in [2.24, 2.45) is 11.1 Å². The van der Waals surface area contributed by atoms with Crippen LogP contribution in [0.3, 0.4) is 0 Å². The Morgan fingerprint density at radius 1 is 1.11 bits per heavy atom. The first-order valence-corrected chi connectivity index (χ1v) is 11.3. The molecule has 5 nitrogen and oxygen atoms in total. The van der Waals surface area contributed by atoms with Crippen molar-refractivity contribution in [3.63, 3.8) is 0 Å². The molecule has 2 rings (SSSR count). The third kappa shape index (κ3) is 5.89. The molecule has 0 radical (unpaired) electrons. The van der Waals surface area contributed by atoms with Gasteiger partial charge in [-0.1, -0.05) is 58.9 Å². The van der Waals surface area contributed by atoms with Gasteiger partial charge >= 0.3 is 0 Å². The number of nitrogens with two attached hydrogens (primary N) is 1. The number of sulfonamides is 1. The minimum absolute atomic E-state index is 0.0727. The minimum Gasteiger partial charge on any atom is -0.349 e. The Bertz CT molecular complexity index is 892. The number of carbonyl (C=O) groups is 1. The van der Waals surface area contributed by atoms with E-state index in [1.165, 1.54) is 11.6 Å². The van der Waals surface area contributed by atoms with Gasteiger partial charge in [-0.05, 0) is 34.6 Å². The summed E-state index contributed by atoms with van der Waals surface area (Å²) in [5, 5.41) is 8.20. The molecule has 0 aliphatic heterocycles. The van der Waals surface area contributed by atoms with Crippen LogP contribution < -0.4 is 10.5 Å². The summed E-state index contributed by atoms with van der Waals surface area (Å²) in [6.07, 6.45) is 0.128. The van der Waals surface area contributed by atoms with E-state index in [-0.39, 0.29) is 33.9 Å². The van der Waals surface area contributed by atoms with Crippen LogP contribution in [0.15, 0.2) is 40.6 Å². The molecule has 0 saturated heterocycles. The molecule has 0 fully saturated rings. The Morgan fingerprint density at radius 3 is 2.15 bits per heavy atom. The molecule has 27 heavy (non-hydrogen) atoms. The molecule has 0 saturated carbocycles. The van der Waals surface area contributed by atoms with E-state index in [1.807, 2.05) is 0 Å². The maximum atomic E-state index is 12.5. The average molecular weight is 409 g/mol. The van der Waals surface area contributed by atoms with Gasteiger partial charge in [-0.25, -0.2) is 13.6 Å². The Labute approximate surface area is 166 Å². The molecule has 0 spiro atoms. The molecular weight excluding hydrogens is 380 g/mol. The summed E-state index contributed by atoms with van der Waals surface area (Å²) in [7, 11) is -3.73. The molecule has 7 heteroatoms. The van der Waals surface area contributed by atoms with Gasteiger partial charge < -0.3 is 5.32 Å². The number of rotatable bonds is 6. The van der Waals surface area contributed by atoms with Crippen LogP contribution in [-0.2, 0) is 26.7 Å². The Morgan fingerprint density at radius 2 is 1.70 bits per heavy atom. The zero-order valence-electron chi connectivity index (χ0n) is 16.4. The van der Waals surface area contributed by atoms with Crippen LogP contribution >= 0.6 is 11.3 Å². The molecule has 1 atom stereocenters. The van der Waals surface area contributed by atoms with Gasteiger partial charge in [0.2, 0.25) is 15.9 Å². The van der Waals surface area contributed by atoms with E-state index in [0.717, 1.165) is 16.9 Å². The fraction of sp³-hybridized carbons (Fsp3) is 0.450. The monoisotopic (exact) mass is 408 g/mol. The Hall–Kier alpha value is -1.70. The zero-order valence-corrected chi connectivity index (χ0v) is 18.1. The maximum Gasteiger partial charge on any atom is 0.247 e. The lowest BCUT2D eigenvalue weighted by Gasteiger charge is -2.25. The lowest BCUT2D eigenvalue weighted by atomic mass is 9.85. The molecule has 1 heterocycles. The second-order valence-corrected chi connectivity index (χ2v) is 11.1. The van der Waals surface area contributed by atoms with Crippen LogP contribution in [0.25, 0.3) is 0 Å². The summed E-state index contributed by atoms with van der Waals surface area (Å²) in [6.45, 7) is 10.6. The summed E-state index contributed by atoms with van der Waals surface area (Å²) in [5.41, 5.74) is 2.38. The van der Waals surface area contributed by atoms with E-state index in [2.05, 4.69) is 64.2 Å². The van der Waals surface area contributed by atoms with E-state index in [0.29, 0.717) is 4.88 Å². The van der Waals surface area contributed by atoms with Crippen LogP contribution in [0.5, 0.6) is 0 Å². The topological polar surface area (TPSA) is 89.3 Å². The molecule has 1 aromatic carbocycles. The number of carbonyl (C=O) groups excluding carboxylic acids is 1. The maximum absolute atomic E-state index is 12.5. The molecule has 0 aliphatic rings. The van der Waals surface area contributed by atoms with Crippen molar-refractivity contribution in [3.05, 3.63) is 52.4 Å². The van der Waals surface area contributed by atoms with E-state index in [9.17, 15) is 13.2 Å². The number of hydrogen-bond donors (Lipinski definition) is 2. The summed E-state index contributed by atoms with van der Waals surface area (Å²) < 4.78 is 22.8. The summed E-state index contributed by atoms with van der Waals surface area (Å²) in [5.74, 6) is 0.0779. The van der Waals surface area contributed by atoms with E-state index < -0.39 is 10.0 Å². The summed E-state index contributed by atoms with van der Waals surface area (Å²) in [6, 6.07) is 11.3. The molecular formula is C20H28N2O3S2. The van der Waals surface area contributed by atoms with Gasteiger partial charge in [-0.15, -0.1) is 11.3 Å². The van der Waals surface area contributed by atoms with Crippen LogP contribution in [0.2, 0.25) is 0 Å². The first kappa shape index (κ1) is 21.6. The van der Waals surface area contributed by atoms with Gasteiger partial charge in [0.05, 0.1) is 12.5 Å². The van der Waals surface area contributed by atoms with Gasteiger partial charge in [0, 0.05) is 4.88 Å². The van der Waals surface area contributed by atoms with Gasteiger partial charge in [-0.2, -0.15) is 0 Å². The number of thiophene rings is 1. The normalized spacial score (nSPS) is 13.6. The van der Waals surface area contributed by atoms with Crippen molar-refractivity contribution < 1.29 is 13.2 Å². The molecule has 1 unspecified atom stereocenters. The van der Waals surface area contributed by atoms with Crippen molar-refractivity contribution in [2.45, 2.75) is 56.7 Å². The molecule has 148 valence electrons. The second-order valence-electron chi connectivity index (χ2n) is 8.10. The number of amides is 1. The highest BCUT2D eigenvalue weighted by Gasteiger charge is 2.21. The number of benzene rings is 1. The fourth-order valence-corrected chi connectivity index (χ4v) is 4.59. The van der Waals surface area contributed by atoms with Crippen LogP contribution in [-0.4, -0.2) is 14.3 Å². The first-order valence-electron chi connectivity index (χ1n) is 8.89. The highest BCUT2D eigenvalue weighted by Crippen LogP contribution is 2.27. The van der Waals surface area contributed by atoms with E-state index in [4.69, 9.17) is 5.14 Å². The summed E-state index contributed by atoms with van der Waals surface area (Å²) in [4.78, 5) is 13.2. The highest BCUT2D eigenvalue weighted by molar-refractivity contribution is 7.91. The number of hydrogen-bond acceptors (Lipinski definition) is 4. The number of nitrogens with one attached hydrogen (secondary N) is 1. The third-order valence-corrected chi connectivity index (χ3v) is 6.89. The van der Waals surface area contributed by atoms with Crippen molar-refractivity contribution in [3.8, 4) is 0 Å².